The van der Waals surface area contributed by atoms with E-state index in [9.17, 15) is 9.59 Å². The fraction of sp³-hybridized carbons (Fsp3) is 0.609. The lowest BCUT2D eigenvalue weighted by atomic mass is 10.0. The van der Waals surface area contributed by atoms with Crippen LogP contribution in [0.2, 0.25) is 0 Å². The molecule has 1 atom stereocenters. The maximum Gasteiger partial charge on any atom is 0.228 e. The zero-order valence-corrected chi connectivity index (χ0v) is 18.3. The van der Waals surface area contributed by atoms with Crippen LogP contribution < -0.4 is 9.47 Å². The zero-order valence-electron chi connectivity index (χ0n) is 18.3. The van der Waals surface area contributed by atoms with E-state index < -0.39 is 0 Å². The van der Waals surface area contributed by atoms with E-state index in [1.165, 1.54) is 0 Å². The lowest BCUT2D eigenvalue weighted by Gasteiger charge is -2.35. The third-order valence-electron chi connectivity index (χ3n) is 6.06. The Morgan fingerprint density at radius 1 is 1.26 bits per heavy atom. The van der Waals surface area contributed by atoms with Crippen LogP contribution >= 0.6 is 0 Å². The van der Waals surface area contributed by atoms with Gasteiger partial charge in [0.2, 0.25) is 11.8 Å². The molecule has 2 aliphatic rings. The van der Waals surface area contributed by atoms with Crippen LogP contribution in [0.15, 0.2) is 18.2 Å². The normalized spacial score (nSPS) is 19.2. The van der Waals surface area contributed by atoms with Gasteiger partial charge in [0.05, 0.1) is 32.6 Å². The monoisotopic (exact) mass is 429 g/mol. The van der Waals surface area contributed by atoms with Gasteiger partial charge in [-0.2, -0.15) is 5.26 Å². The number of nitrogens with zero attached hydrogens (tertiary/aromatic N) is 3. The van der Waals surface area contributed by atoms with E-state index in [1.54, 1.807) is 19.1 Å². The molecule has 1 aromatic rings. The van der Waals surface area contributed by atoms with Gasteiger partial charge in [-0.05, 0) is 37.0 Å². The molecule has 31 heavy (non-hydrogen) atoms. The number of ether oxygens (including phenoxy) is 3. The maximum atomic E-state index is 13.2. The molecule has 1 unspecified atom stereocenters. The third-order valence-corrected chi connectivity index (χ3v) is 6.06. The minimum Gasteiger partial charge on any atom is -0.493 e. The Hall–Kier alpha value is -2.79. The Morgan fingerprint density at radius 3 is 2.68 bits per heavy atom. The topological polar surface area (TPSA) is 92.1 Å². The van der Waals surface area contributed by atoms with E-state index in [0.717, 1.165) is 18.4 Å². The van der Waals surface area contributed by atoms with Crippen LogP contribution in [0.5, 0.6) is 11.5 Å². The standard InChI is InChI=1S/C23H31N3O5/c1-29-20-5-4-17(14-21(20)30-2)6-11-25-16-18(15-22(25)27)23(28)26(10-3-9-24)19-7-12-31-13-8-19/h4-5,14,18-19H,3,6-8,10-13,15-16H2,1-2H3. The lowest BCUT2D eigenvalue weighted by molar-refractivity contribution is -0.139. The van der Waals surface area contributed by atoms with Crippen molar-refractivity contribution in [3.8, 4) is 17.6 Å². The van der Waals surface area contributed by atoms with Gasteiger partial charge in [0.25, 0.3) is 0 Å². The molecule has 2 saturated heterocycles. The molecular formula is C23H31N3O5. The first-order chi connectivity index (χ1) is 15.1. The van der Waals surface area contributed by atoms with Gasteiger partial charge in [-0.1, -0.05) is 6.07 Å². The van der Waals surface area contributed by atoms with Crippen LogP contribution in [-0.2, 0) is 20.7 Å². The van der Waals surface area contributed by atoms with Crippen molar-refractivity contribution in [2.45, 2.75) is 38.1 Å². The first-order valence-corrected chi connectivity index (χ1v) is 10.8. The SMILES string of the molecule is COc1ccc(CCN2CC(C(=O)N(CCC#N)C3CCOCC3)CC2=O)cc1OC. The summed E-state index contributed by atoms with van der Waals surface area (Å²) in [6, 6.07) is 7.95. The summed E-state index contributed by atoms with van der Waals surface area (Å²) < 4.78 is 16.0. The van der Waals surface area contributed by atoms with E-state index in [2.05, 4.69) is 6.07 Å². The number of benzene rings is 1. The highest BCUT2D eigenvalue weighted by molar-refractivity contribution is 5.89. The fourth-order valence-electron chi connectivity index (χ4n) is 4.33. The largest absolute Gasteiger partial charge is 0.493 e. The Morgan fingerprint density at radius 2 is 2.00 bits per heavy atom. The molecule has 2 amide bonds. The molecule has 1 aromatic carbocycles. The van der Waals surface area contributed by atoms with Gasteiger partial charge in [0.15, 0.2) is 11.5 Å². The predicted molar refractivity (Wildman–Crippen MR) is 114 cm³/mol. The molecule has 2 heterocycles. The minimum absolute atomic E-state index is 0.00559. The number of nitriles is 1. The van der Waals surface area contributed by atoms with E-state index in [-0.39, 0.29) is 30.2 Å². The summed E-state index contributed by atoms with van der Waals surface area (Å²) in [7, 11) is 3.19. The first kappa shape index (κ1) is 22.9. The van der Waals surface area contributed by atoms with Gasteiger partial charge in [-0.3, -0.25) is 9.59 Å². The van der Waals surface area contributed by atoms with Crippen molar-refractivity contribution in [1.29, 1.82) is 5.26 Å². The minimum atomic E-state index is -0.348. The van der Waals surface area contributed by atoms with Crippen molar-refractivity contribution in [3.63, 3.8) is 0 Å². The second-order valence-corrected chi connectivity index (χ2v) is 7.96. The van der Waals surface area contributed by atoms with E-state index in [4.69, 9.17) is 19.5 Å². The van der Waals surface area contributed by atoms with Crippen LogP contribution in [0.1, 0.15) is 31.2 Å². The Bertz CT molecular complexity index is 816. The van der Waals surface area contributed by atoms with E-state index >= 15 is 0 Å². The molecule has 0 spiro atoms. The number of methoxy groups -OCH3 is 2. The highest BCUT2D eigenvalue weighted by Crippen LogP contribution is 2.28. The highest BCUT2D eigenvalue weighted by Gasteiger charge is 2.38. The quantitative estimate of drug-likeness (QED) is 0.596. The van der Waals surface area contributed by atoms with Gasteiger partial charge in [0.1, 0.15) is 0 Å². The maximum absolute atomic E-state index is 13.2. The number of rotatable bonds is 9. The van der Waals surface area contributed by atoms with Gasteiger partial charge in [-0.15, -0.1) is 0 Å². The average Bonchev–Trinajstić information content (AvgIpc) is 3.18. The van der Waals surface area contributed by atoms with Crippen molar-refractivity contribution in [1.82, 2.24) is 9.80 Å². The van der Waals surface area contributed by atoms with Crippen molar-refractivity contribution in [2.75, 3.05) is 47.1 Å². The van der Waals surface area contributed by atoms with Crippen LogP contribution in [0.25, 0.3) is 0 Å². The number of hydrogen-bond acceptors (Lipinski definition) is 6. The predicted octanol–water partition coefficient (Wildman–Crippen LogP) is 2.02. The second-order valence-electron chi connectivity index (χ2n) is 7.96. The molecule has 0 radical (unpaired) electrons. The van der Waals surface area contributed by atoms with Gasteiger partial charge in [0, 0.05) is 45.3 Å². The number of likely N-dealkylation sites (tertiary alicyclic amines) is 1. The van der Waals surface area contributed by atoms with Crippen molar-refractivity contribution in [3.05, 3.63) is 23.8 Å². The molecule has 0 saturated carbocycles. The molecule has 8 nitrogen and oxygen atoms in total. The number of carbonyl (C=O) groups excluding carboxylic acids is 2. The molecule has 168 valence electrons. The number of amides is 2. The summed E-state index contributed by atoms with van der Waals surface area (Å²) in [5.41, 5.74) is 1.04. The molecule has 2 fully saturated rings. The van der Waals surface area contributed by atoms with Gasteiger partial charge < -0.3 is 24.0 Å². The van der Waals surface area contributed by atoms with Gasteiger partial charge >= 0.3 is 0 Å². The molecule has 2 aliphatic heterocycles. The van der Waals surface area contributed by atoms with Crippen molar-refractivity contribution >= 4 is 11.8 Å². The molecule has 0 aliphatic carbocycles. The smallest absolute Gasteiger partial charge is 0.228 e. The first-order valence-electron chi connectivity index (χ1n) is 10.8. The van der Waals surface area contributed by atoms with E-state index in [0.29, 0.717) is 57.2 Å². The molecular weight excluding hydrogens is 398 g/mol. The molecule has 0 bridgehead atoms. The van der Waals surface area contributed by atoms with Crippen molar-refractivity contribution < 1.29 is 23.8 Å². The summed E-state index contributed by atoms with van der Waals surface area (Å²) >= 11 is 0. The molecule has 0 N–H and O–H groups in total. The summed E-state index contributed by atoms with van der Waals surface area (Å²) in [6.45, 7) is 2.64. The number of carbonyl (C=O) groups is 2. The fourth-order valence-corrected chi connectivity index (χ4v) is 4.33. The zero-order chi connectivity index (χ0) is 22.2. The Kier molecular flexibility index (Phi) is 8.13. The summed E-state index contributed by atoms with van der Waals surface area (Å²) in [5.74, 6) is 0.972. The molecule has 0 aromatic heterocycles. The van der Waals surface area contributed by atoms with Gasteiger partial charge in [-0.25, -0.2) is 0 Å². The van der Waals surface area contributed by atoms with Crippen LogP contribution in [0, 0.1) is 17.2 Å². The van der Waals surface area contributed by atoms with E-state index in [1.807, 2.05) is 23.1 Å². The van der Waals surface area contributed by atoms with Crippen LogP contribution in [0.3, 0.4) is 0 Å². The second kappa shape index (κ2) is 11.0. The van der Waals surface area contributed by atoms with Crippen molar-refractivity contribution in [2.24, 2.45) is 5.92 Å². The summed E-state index contributed by atoms with van der Waals surface area (Å²) in [6.07, 6.45) is 2.76. The Labute approximate surface area is 183 Å². The highest BCUT2D eigenvalue weighted by atomic mass is 16.5. The number of hydrogen-bond donors (Lipinski definition) is 0. The third kappa shape index (κ3) is 5.67. The van der Waals surface area contributed by atoms with Crippen LogP contribution in [0.4, 0.5) is 0 Å². The Balaban J connectivity index is 1.60. The molecule has 3 rings (SSSR count). The average molecular weight is 430 g/mol. The van der Waals surface area contributed by atoms with Crippen LogP contribution in [-0.4, -0.2) is 74.7 Å². The lowest BCUT2D eigenvalue weighted by Crippen LogP contribution is -2.47. The molecule has 8 heteroatoms. The summed E-state index contributed by atoms with van der Waals surface area (Å²) in [4.78, 5) is 29.4. The summed E-state index contributed by atoms with van der Waals surface area (Å²) in [5, 5.41) is 9.00.